The van der Waals surface area contributed by atoms with Crippen molar-refractivity contribution < 1.29 is 18.0 Å². The lowest BCUT2D eigenvalue weighted by Crippen LogP contribution is -2.57. The minimum atomic E-state index is -3.91. The van der Waals surface area contributed by atoms with Gasteiger partial charge in [0.05, 0.1) is 11.3 Å². The highest BCUT2D eigenvalue weighted by atomic mass is 32.2. The summed E-state index contributed by atoms with van der Waals surface area (Å²) in [4.78, 5) is 25.1. The molecule has 1 aliphatic heterocycles. The van der Waals surface area contributed by atoms with E-state index in [1.807, 2.05) is 32.9 Å². The molecule has 0 radical (unpaired) electrons. The van der Waals surface area contributed by atoms with Gasteiger partial charge in [-0.15, -0.1) is 0 Å². The number of carbonyl (C=O) groups excluding carboxylic acids is 2. The molecule has 0 saturated carbocycles. The summed E-state index contributed by atoms with van der Waals surface area (Å²) in [5, 5.41) is 5.38. The van der Waals surface area contributed by atoms with Gasteiger partial charge in [-0.1, -0.05) is 23.8 Å². The van der Waals surface area contributed by atoms with E-state index in [4.69, 9.17) is 0 Å². The van der Waals surface area contributed by atoms with Gasteiger partial charge in [0.2, 0.25) is 21.8 Å². The topological polar surface area (TPSA) is 95.6 Å². The molecule has 0 bridgehead atoms. The van der Waals surface area contributed by atoms with Crippen LogP contribution in [0.2, 0.25) is 0 Å². The Kier molecular flexibility index (Phi) is 6.04. The molecule has 1 atom stereocenters. The average Bonchev–Trinajstić information content (AvgIpc) is 2.67. The summed E-state index contributed by atoms with van der Waals surface area (Å²) in [7, 11) is -3.91. The molecule has 0 spiro atoms. The normalized spacial score (nSPS) is 17.6. The Morgan fingerprint density at radius 2 is 1.79 bits per heavy atom. The third kappa shape index (κ3) is 4.65. The van der Waals surface area contributed by atoms with Crippen molar-refractivity contribution >= 4 is 27.5 Å². The van der Waals surface area contributed by atoms with Crippen molar-refractivity contribution in [3.63, 3.8) is 0 Å². The Hall–Kier alpha value is -2.71. The minimum absolute atomic E-state index is 0.115. The first-order valence-corrected chi connectivity index (χ1v) is 10.9. The molecular weight excluding hydrogens is 390 g/mol. The highest BCUT2D eigenvalue weighted by Gasteiger charge is 2.39. The van der Waals surface area contributed by atoms with E-state index in [0.29, 0.717) is 5.69 Å². The molecule has 2 aromatic rings. The summed E-state index contributed by atoms with van der Waals surface area (Å²) in [5.74, 6) is -0.890. The van der Waals surface area contributed by atoms with Crippen molar-refractivity contribution in [1.29, 1.82) is 0 Å². The van der Waals surface area contributed by atoms with Crippen LogP contribution < -0.4 is 10.6 Å². The third-order valence-corrected chi connectivity index (χ3v) is 6.98. The number of rotatable bonds is 5. The highest BCUT2D eigenvalue weighted by Crippen LogP contribution is 2.24. The van der Waals surface area contributed by atoms with Gasteiger partial charge < -0.3 is 10.6 Å². The number of hydrogen-bond donors (Lipinski definition) is 2. The van der Waals surface area contributed by atoms with Gasteiger partial charge in [-0.25, -0.2) is 8.42 Å². The van der Waals surface area contributed by atoms with Crippen LogP contribution in [0.15, 0.2) is 47.4 Å². The molecule has 8 heteroatoms. The van der Waals surface area contributed by atoms with Gasteiger partial charge in [0.15, 0.2) is 0 Å². The van der Waals surface area contributed by atoms with Crippen molar-refractivity contribution in [1.82, 2.24) is 9.62 Å². The van der Waals surface area contributed by atoms with E-state index in [1.165, 1.54) is 6.07 Å². The highest BCUT2D eigenvalue weighted by molar-refractivity contribution is 7.89. The lowest BCUT2D eigenvalue weighted by atomic mass is 10.1. The summed E-state index contributed by atoms with van der Waals surface area (Å²) in [6, 6.07) is 11.0. The monoisotopic (exact) mass is 415 g/mol. The number of anilines is 1. The maximum Gasteiger partial charge on any atom is 0.243 e. The van der Waals surface area contributed by atoms with E-state index < -0.39 is 27.9 Å². The molecule has 2 amide bonds. The second-order valence-electron chi connectivity index (χ2n) is 7.29. The van der Waals surface area contributed by atoms with Crippen LogP contribution in [-0.4, -0.2) is 43.7 Å². The van der Waals surface area contributed by atoms with Gasteiger partial charge in [0, 0.05) is 18.8 Å². The first kappa shape index (κ1) is 21.0. The predicted octanol–water partition coefficient (Wildman–Crippen LogP) is 2.13. The quantitative estimate of drug-likeness (QED) is 0.782. The zero-order valence-electron chi connectivity index (χ0n) is 16.7. The Morgan fingerprint density at radius 1 is 1.10 bits per heavy atom. The number of carbonyl (C=O) groups is 2. The summed E-state index contributed by atoms with van der Waals surface area (Å²) in [6.07, 6.45) is -0.260. The number of sulfonamides is 1. The average molecular weight is 416 g/mol. The molecule has 1 aliphatic rings. The maximum absolute atomic E-state index is 13.2. The fourth-order valence-electron chi connectivity index (χ4n) is 3.21. The molecule has 2 aromatic carbocycles. The van der Waals surface area contributed by atoms with Crippen LogP contribution in [0.4, 0.5) is 5.69 Å². The van der Waals surface area contributed by atoms with Crippen molar-refractivity contribution in [2.75, 3.05) is 18.4 Å². The fourth-order valence-corrected chi connectivity index (χ4v) is 4.88. The zero-order valence-corrected chi connectivity index (χ0v) is 17.5. The van der Waals surface area contributed by atoms with E-state index in [2.05, 4.69) is 10.6 Å². The molecule has 2 N–H and O–H groups in total. The number of amides is 2. The largest absolute Gasteiger partial charge is 0.353 e. The van der Waals surface area contributed by atoms with Crippen LogP contribution in [-0.2, 0) is 19.6 Å². The van der Waals surface area contributed by atoms with E-state index >= 15 is 0 Å². The minimum Gasteiger partial charge on any atom is -0.353 e. The Labute approximate surface area is 171 Å². The van der Waals surface area contributed by atoms with Gasteiger partial charge in [-0.3, -0.25) is 9.59 Å². The van der Waals surface area contributed by atoms with E-state index in [1.54, 1.807) is 24.3 Å². The van der Waals surface area contributed by atoms with Crippen LogP contribution in [0.3, 0.4) is 0 Å². The molecular formula is C21H25N3O4S. The van der Waals surface area contributed by atoms with Crippen molar-refractivity contribution in [3.05, 3.63) is 59.2 Å². The SMILES string of the molecule is Cc1ccc(NC(=O)C[C@@H]2C(=O)NCCN2S(=O)(=O)c2ccc(C)c(C)c2)cc1. The number of nitrogens with zero attached hydrogens (tertiary/aromatic N) is 1. The molecule has 1 fully saturated rings. The number of benzene rings is 2. The summed E-state index contributed by atoms with van der Waals surface area (Å²) in [5.41, 5.74) is 3.48. The number of aryl methyl sites for hydroxylation is 3. The molecule has 0 aromatic heterocycles. The molecule has 1 heterocycles. The molecule has 0 aliphatic carbocycles. The predicted molar refractivity (Wildman–Crippen MR) is 111 cm³/mol. The summed E-state index contributed by atoms with van der Waals surface area (Å²) in [6.45, 7) is 6.00. The fraction of sp³-hybridized carbons (Fsp3) is 0.333. The third-order valence-electron chi connectivity index (χ3n) is 5.08. The first-order valence-electron chi connectivity index (χ1n) is 9.42. The van der Waals surface area contributed by atoms with E-state index in [9.17, 15) is 18.0 Å². The van der Waals surface area contributed by atoms with Gasteiger partial charge in [0.25, 0.3) is 0 Å². The number of hydrogen-bond acceptors (Lipinski definition) is 4. The van der Waals surface area contributed by atoms with Gasteiger partial charge >= 0.3 is 0 Å². The molecule has 29 heavy (non-hydrogen) atoms. The van der Waals surface area contributed by atoms with E-state index in [-0.39, 0.29) is 24.4 Å². The second-order valence-corrected chi connectivity index (χ2v) is 9.18. The lowest BCUT2D eigenvalue weighted by Gasteiger charge is -2.33. The standard InChI is InChI=1S/C21H25N3O4S/c1-14-4-7-17(8-5-14)23-20(25)13-19-21(26)22-10-11-24(19)29(27,28)18-9-6-15(2)16(3)12-18/h4-9,12,19H,10-11,13H2,1-3H3,(H,22,26)(H,23,25)/t19-/m1/s1. The Bertz CT molecular complexity index is 1030. The Morgan fingerprint density at radius 3 is 2.45 bits per heavy atom. The van der Waals surface area contributed by atoms with Gasteiger partial charge in [-0.2, -0.15) is 4.31 Å². The van der Waals surface area contributed by atoms with Crippen LogP contribution >= 0.6 is 0 Å². The lowest BCUT2D eigenvalue weighted by molar-refractivity contribution is -0.130. The smallest absolute Gasteiger partial charge is 0.243 e. The van der Waals surface area contributed by atoms with Crippen LogP contribution in [0.1, 0.15) is 23.1 Å². The van der Waals surface area contributed by atoms with Gasteiger partial charge in [0.1, 0.15) is 6.04 Å². The molecule has 0 unspecified atom stereocenters. The Balaban J connectivity index is 1.83. The van der Waals surface area contributed by atoms with Crippen molar-refractivity contribution in [3.8, 4) is 0 Å². The second kappa shape index (κ2) is 8.34. The van der Waals surface area contributed by atoms with Crippen LogP contribution in [0.25, 0.3) is 0 Å². The van der Waals surface area contributed by atoms with Gasteiger partial charge in [-0.05, 0) is 56.2 Å². The summed E-state index contributed by atoms with van der Waals surface area (Å²) < 4.78 is 27.5. The molecule has 3 rings (SSSR count). The molecule has 1 saturated heterocycles. The van der Waals surface area contributed by atoms with Crippen molar-refractivity contribution in [2.24, 2.45) is 0 Å². The number of nitrogens with one attached hydrogen (secondary N) is 2. The maximum atomic E-state index is 13.2. The summed E-state index contributed by atoms with van der Waals surface area (Å²) >= 11 is 0. The molecule has 7 nitrogen and oxygen atoms in total. The van der Waals surface area contributed by atoms with E-state index in [0.717, 1.165) is 21.0 Å². The number of piperazine rings is 1. The van der Waals surface area contributed by atoms with Crippen LogP contribution in [0.5, 0.6) is 0 Å². The molecule has 154 valence electrons. The van der Waals surface area contributed by atoms with Crippen molar-refractivity contribution in [2.45, 2.75) is 38.1 Å². The van der Waals surface area contributed by atoms with Crippen LogP contribution in [0, 0.1) is 20.8 Å². The first-order chi connectivity index (χ1) is 13.7. The zero-order chi connectivity index (χ0) is 21.2.